The zero-order valence-corrected chi connectivity index (χ0v) is 23.5. The largest absolute Gasteiger partial charge is 0.356 e. The molecule has 210 valence electrons. The number of fused-ring (bicyclic) bond motifs is 7. The van der Waals surface area contributed by atoms with Gasteiger partial charge in [0.25, 0.3) is 5.91 Å². The minimum absolute atomic E-state index is 0.114. The first-order valence-electron chi connectivity index (χ1n) is 13.8. The summed E-state index contributed by atoms with van der Waals surface area (Å²) >= 11 is 6.14. The van der Waals surface area contributed by atoms with Crippen LogP contribution in [0.4, 0.5) is 4.39 Å². The van der Waals surface area contributed by atoms with Gasteiger partial charge in [-0.05, 0) is 41.3 Å². The topological polar surface area (TPSA) is 94.3 Å². The number of nitrogens with zero attached hydrogens (tertiary/aromatic N) is 1. The summed E-state index contributed by atoms with van der Waals surface area (Å²) in [5, 5.41) is 6.92. The Balaban J connectivity index is 1.31. The lowest BCUT2D eigenvalue weighted by Crippen LogP contribution is -2.58. The SMILES string of the molecule is CCC(C)C(NC(=O)C1Cc2c([nH]c3ccccc23)C2c3ccccc3C(=O)N12)C(=O)NCc1c(F)cccc1Cl. The highest BCUT2D eigenvalue weighted by atomic mass is 35.5. The Bertz CT molecular complexity index is 1660. The van der Waals surface area contributed by atoms with Gasteiger partial charge in [-0.25, -0.2) is 4.39 Å². The molecular formula is C32H30ClFN4O3. The second-order valence-electron chi connectivity index (χ2n) is 10.8. The van der Waals surface area contributed by atoms with E-state index in [1.165, 1.54) is 12.1 Å². The number of carbonyl (C=O) groups excluding carboxylic acids is 3. The Morgan fingerprint density at radius 1 is 1.10 bits per heavy atom. The number of benzene rings is 3. The van der Waals surface area contributed by atoms with E-state index in [0.717, 1.165) is 27.7 Å². The van der Waals surface area contributed by atoms with Crippen molar-refractivity contribution in [2.45, 2.75) is 51.4 Å². The van der Waals surface area contributed by atoms with Gasteiger partial charge in [-0.2, -0.15) is 0 Å². The van der Waals surface area contributed by atoms with Gasteiger partial charge in [0.1, 0.15) is 17.9 Å². The number of carbonyl (C=O) groups is 3. The van der Waals surface area contributed by atoms with E-state index in [4.69, 9.17) is 11.6 Å². The third-order valence-corrected chi connectivity index (χ3v) is 8.80. The van der Waals surface area contributed by atoms with Gasteiger partial charge in [-0.1, -0.05) is 74.3 Å². The van der Waals surface area contributed by atoms with Crippen LogP contribution in [0.2, 0.25) is 5.02 Å². The number of rotatable bonds is 7. The Kier molecular flexibility index (Phi) is 7.03. The van der Waals surface area contributed by atoms with Crippen molar-refractivity contribution in [2.24, 2.45) is 5.92 Å². The van der Waals surface area contributed by atoms with Crippen LogP contribution >= 0.6 is 11.6 Å². The molecule has 0 aliphatic carbocycles. The number of para-hydroxylation sites is 1. The predicted octanol–water partition coefficient (Wildman–Crippen LogP) is 5.28. The third-order valence-electron chi connectivity index (χ3n) is 8.45. The molecule has 6 rings (SSSR count). The van der Waals surface area contributed by atoms with Crippen molar-refractivity contribution in [1.82, 2.24) is 20.5 Å². The molecule has 0 radical (unpaired) electrons. The standard InChI is InChI=1S/C32H30ClFN4O3/c1-3-17(2)27(31(40)35-16-22-23(33)12-8-13-24(22)34)37-30(39)26-15-21-18-9-6-7-14-25(18)36-28(21)29-19-10-4-5-11-20(19)32(41)38(26)29/h4-14,17,26-27,29,36H,3,15-16H2,1-2H3,(H,35,40)(H,37,39). The van der Waals surface area contributed by atoms with Gasteiger partial charge >= 0.3 is 0 Å². The molecule has 2 aliphatic rings. The summed E-state index contributed by atoms with van der Waals surface area (Å²) < 4.78 is 14.3. The average Bonchev–Trinajstić information content (AvgIpc) is 3.50. The fourth-order valence-electron chi connectivity index (χ4n) is 6.08. The fourth-order valence-corrected chi connectivity index (χ4v) is 6.31. The summed E-state index contributed by atoms with van der Waals surface area (Å²) in [7, 11) is 0. The molecule has 3 amide bonds. The van der Waals surface area contributed by atoms with Crippen molar-refractivity contribution in [3.63, 3.8) is 0 Å². The molecule has 4 unspecified atom stereocenters. The van der Waals surface area contributed by atoms with Crippen LogP contribution in [-0.4, -0.2) is 39.7 Å². The number of amides is 3. The van der Waals surface area contributed by atoms with Gasteiger partial charge in [-0.3, -0.25) is 14.4 Å². The Labute approximate surface area is 242 Å². The van der Waals surface area contributed by atoms with Crippen LogP contribution in [-0.2, 0) is 22.6 Å². The molecule has 7 nitrogen and oxygen atoms in total. The molecular weight excluding hydrogens is 543 g/mol. The van der Waals surface area contributed by atoms with E-state index in [1.807, 2.05) is 56.3 Å². The van der Waals surface area contributed by atoms with Crippen LogP contribution < -0.4 is 10.6 Å². The second kappa shape index (κ2) is 10.7. The van der Waals surface area contributed by atoms with Crippen LogP contribution in [0.5, 0.6) is 0 Å². The van der Waals surface area contributed by atoms with E-state index in [9.17, 15) is 18.8 Å². The van der Waals surface area contributed by atoms with Crippen LogP contribution in [0, 0.1) is 11.7 Å². The maximum absolute atomic E-state index is 14.3. The zero-order chi connectivity index (χ0) is 28.8. The summed E-state index contributed by atoms with van der Waals surface area (Å²) in [5.41, 5.74) is 4.44. The van der Waals surface area contributed by atoms with Crippen molar-refractivity contribution in [1.29, 1.82) is 0 Å². The molecule has 3 aromatic carbocycles. The predicted molar refractivity (Wildman–Crippen MR) is 155 cm³/mol. The molecule has 4 aromatic rings. The minimum Gasteiger partial charge on any atom is -0.356 e. The molecule has 0 spiro atoms. The normalized spacial score (nSPS) is 18.8. The number of aromatic amines is 1. The number of nitrogens with one attached hydrogen (secondary N) is 3. The van der Waals surface area contributed by atoms with E-state index >= 15 is 0 Å². The zero-order valence-electron chi connectivity index (χ0n) is 22.7. The van der Waals surface area contributed by atoms with Crippen LogP contribution in [0.1, 0.15) is 59.1 Å². The monoisotopic (exact) mass is 572 g/mol. The van der Waals surface area contributed by atoms with Gasteiger partial charge in [0.05, 0.1) is 6.04 Å². The van der Waals surface area contributed by atoms with Crippen molar-refractivity contribution in [3.8, 4) is 0 Å². The molecule has 0 bridgehead atoms. The van der Waals surface area contributed by atoms with E-state index < -0.39 is 35.8 Å². The average molecular weight is 573 g/mol. The van der Waals surface area contributed by atoms with Crippen LogP contribution in [0.15, 0.2) is 66.7 Å². The highest BCUT2D eigenvalue weighted by Gasteiger charge is 2.49. The van der Waals surface area contributed by atoms with E-state index in [2.05, 4.69) is 15.6 Å². The molecule has 3 heterocycles. The molecule has 0 saturated heterocycles. The fraction of sp³-hybridized carbons (Fsp3) is 0.281. The van der Waals surface area contributed by atoms with Gasteiger partial charge in [0.15, 0.2) is 0 Å². The maximum Gasteiger partial charge on any atom is 0.255 e. The van der Waals surface area contributed by atoms with Crippen LogP contribution in [0.3, 0.4) is 0 Å². The summed E-state index contributed by atoms with van der Waals surface area (Å²) in [6.07, 6.45) is 0.924. The van der Waals surface area contributed by atoms with Gasteiger partial charge < -0.3 is 20.5 Å². The van der Waals surface area contributed by atoms with Gasteiger partial charge in [-0.15, -0.1) is 0 Å². The lowest BCUT2D eigenvalue weighted by atomic mass is 9.89. The molecule has 2 aliphatic heterocycles. The highest BCUT2D eigenvalue weighted by molar-refractivity contribution is 6.31. The number of hydrogen-bond donors (Lipinski definition) is 3. The van der Waals surface area contributed by atoms with Gasteiger partial charge in [0.2, 0.25) is 11.8 Å². The summed E-state index contributed by atoms with van der Waals surface area (Å²) in [4.78, 5) is 46.3. The molecule has 0 saturated carbocycles. The molecule has 41 heavy (non-hydrogen) atoms. The van der Waals surface area contributed by atoms with Gasteiger partial charge in [0, 0.05) is 45.7 Å². The van der Waals surface area contributed by atoms with Crippen molar-refractivity contribution >= 4 is 40.2 Å². The Morgan fingerprint density at radius 2 is 1.85 bits per heavy atom. The lowest BCUT2D eigenvalue weighted by Gasteiger charge is -2.38. The number of H-pyrrole nitrogens is 1. The molecule has 4 atom stereocenters. The van der Waals surface area contributed by atoms with E-state index in [0.29, 0.717) is 18.4 Å². The first-order chi connectivity index (χ1) is 19.8. The Morgan fingerprint density at radius 3 is 2.63 bits per heavy atom. The van der Waals surface area contributed by atoms with Crippen molar-refractivity contribution in [2.75, 3.05) is 0 Å². The molecule has 1 aromatic heterocycles. The summed E-state index contributed by atoms with van der Waals surface area (Å²) in [5.74, 6) is -1.80. The number of aromatic nitrogens is 1. The first kappa shape index (κ1) is 27.0. The maximum atomic E-state index is 14.3. The summed E-state index contributed by atoms with van der Waals surface area (Å²) in [6, 6.07) is 17.5. The van der Waals surface area contributed by atoms with Crippen molar-refractivity contribution < 1.29 is 18.8 Å². The minimum atomic E-state index is -0.888. The number of halogens is 2. The molecule has 9 heteroatoms. The van der Waals surface area contributed by atoms with E-state index in [1.54, 1.807) is 17.0 Å². The molecule has 3 N–H and O–H groups in total. The summed E-state index contributed by atoms with van der Waals surface area (Å²) in [6.45, 7) is 3.69. The quantitative estimate of drug-likeness (QED) is 0.281. The van der Waals surface area contributed by atoms with Crippen molar-refractivity contribution in [3.05, 3.63) is 106 Å². The smallest absolute Gasteiger partial charge is 0.255 e. The molecule has 0 fully saturated rings. The third kappa shape index (κ3) is 4.56. The lowest BCUT2D eigenvalue weighted by molar-refractivity contribution is -0.133. The second-order valence-corrected chi connectivity index (χ2v) is 11.2. The van der Waals surface area contributed by atoms with Crippen LogP contribution in [0.25, 0.3) is 10.9 Å². The highest BCUT2D eigenvalue weighted by Crippen LogP contribution is 2.46. The van der Waals surface area contributed by atoms with E-state index in [-0.39, 0.29) is 29.0 Å². The first-order valence-corrected chi connectivity index (χ1v) is 14.2. The Hall–Kier alpha value is -4.17. The number of hydrogen-bond acceptors (Lipinski definition) is 3.